The maximum atomic E-state index is 5.26. The summed E-state index contributed by atoms with van der Waals surface area (Å²) in [5, 5.41) is 3.35. The summed E-state index contributed by atoms with van der Waals surface area (Å²) < 4.78 is 12.5. The monoisotopic (exact) mass is 246 g/mol. The van der Waals surface area contributed by atoms with Gasteiger partial charge in [0.2, 0.25) is 0 Å². The van der Waals surface area contributed by atoms with Crippen molar-refractivity contribution in [2.45, 2.75) is 6.54 Å². The van der Waals surface area contributed by atoms with E-state index in [0.29, 0.717) is 0 Å². The van der Waals surface area contributed by atoms with E-state index < -0.39 is 0 Å². The number of nitrogens with one attached hydrogen (secondary N) is 1. The van der Waals surface area contributed by atoms with Crippen molar-refractivity contribution < 1.29 is 9.47 Å². The van der Waals surface area contributed by atoms with Crippen LogP contribution in [-0.2, 0) is 13.6 Å². The molecule has 1 aromatic heterocycles. The van der Waals surface area contributed by atoms with Gasteiger partial charge in [-0.05, 0) is 23.8 Å². The highest BCUT2D eigenvalue weighted by Gasteiger charge is 2.04. The summed E-state index contributed by atoms with van der Waals surface area (Å²) in [5.41, 5.74) is 2.25. The van der Waals surface area contributed by atoms with E-state index in [9.17, 15) is 0 Å². The quantitative estimate of drug-likeness (QED) is 0.881. The lowest BCUT2D eigenvalue weighted by molar-refractivity contribution is 0.355. The summed E-state index contributed by atoms with van der Waals surface area (Å²) in [7, 11) is 5.29. The molecule has 96 valence electrons. The van der Waals surface area contributed by atoms with Crippen LogP contribution in [0.15, 0.2) is 36.7 Å². The van der Waals surface area contributed by atoms with Crippen molar-refractivity contribution in [3.63, 3.8) is 0 Å². The fraction of sp³-hybridized carbons (Fsp3) is 0.286. The van der Waals surface area contributed by atoms with E-state index in [4.69, 9.17) is 9.47 Å². The molecule has 0 saturated heterocycles. The maximum absolute atomic E-state index is 5.26. The summed E-state index contributed by atoms with van der Waals surface area (Å²) in [6.07, 6.45) is 4.12. The Morgan fingerprint density at radius 2 is 1.89 bits per heavy atom. The summed E-state index contributed by atoms with van der Waals surface area (Å²) in [5.74, 6) is 1.47. The molecule has 0 atom stereocenters. The lowest BCUT2D eigenvalue weighted by atomic mass is 10.2. The Kier molecular flexibility index (Phi) is 3.77. The molecule has 0 unspecified atom stereocenters. The van der Waals surface area contributed by atoms with Crippen molar-refractivity contribution in [3.05, 3.63) is 42.2 Å². The number of aromatic nitrogens is 1. The number of rotatable bonds is 5. The third-order valence-corrected chi connectivity index (χ3v) is 2.77. The summed E-state index contributed by atoms with van der Waals surface area (Å²) in [4.78, 5) is 0. The average Bonchev–Trinajstić information content (AvgIpc) is 2.81. The third kappa shape index (κ3) is 2.77. The molecule has 18 heavy (non-hydrogen) atoms. The lowest BCUT2D eigenvalue weighted by Crippen LogP contribution is -1.99. The molecular weight excluding hydrogens is 228 g/mol. The Labute approximate surface area is 107 Å². The second kappa shape index (κ2) is 5.49. The number of anilines is 1. The highest BCUT2D eigenvalue weighted by Crippen LogP contribution is 2.29. The molecule has 4 nitrogen and oxygen atoms in total. The van der Waals surface area contributed by atoms with Crippen molar-refractivity contribution in [2.24, 2.45) is 7.05 Å². The van der Waals surface area contributed by atoms with Gasteiger partial charge in [0, 0.05) is 37.7 Å². The molecule has 0 fully saturated rings. The Balaban J connectivity index is 2.05. The van der Waals surface area contributed by atoms with Gasteiger partial charge in [-0.2, -0.15) is 0 Å². The van der Waals surface area contributed by atoms with Crippen LogP contribution < -0.4 is 14.8 Å². The number of ether oxygens (including phenoxy) is 2. The van der Waals surface area contributed by atoms with Gasteiger partial charge in [0.1, 0.15) is 0 Å². The molecule has 1 aromatic carbocycles. The van der Waals surface area contributed by atoms with Crippen LogP contribution in [0.4, 0.5) is 5.69 Å². The minimum atomic E-state index is 0.732. The predicted octanol–water partition coefficient (Wildman–Crippen LogP) is 2.65. The molecule has 0 bridgehead atoms. The number of hydrogen-bond donors (Lipinski definition) is 1. The van der Waals surface area contributed by atoms with Crippen LogP contribution in [0.1, 0.15) is 5.56 Å². The zero-order valence-corrected chi connectivity index (χ0v) is 10.9. The Morgan fingerprint density at radius 1 is 1.11 bits per heavy atom. The molecule has 1 heterocycles. The van der Waals surface area contributed by atoms with E-state index in [-0.39, 0.29) is 0 Å². The fourth-order valence-electron chi connectivity index (χ4n) is 1.82. The molecule has 0 saturated carbocycles. The van der Waals surface area contributed by atoms with Crippen LogP contribution in [0.25, 0.3) is 0 Å². The largest absolute Gasteiger partial charge is 0.493 e. The highest BCUT2D eigenvalue weighted by atomic mass is 16.5. The molecular formula is C14H18N2O2. The van der Waals surface area contributed by atoms with Crippen LogP contribution in [-0.4, -0.2) is 18.8 Å². The zero-order chi connectivity index (χ0) is 13.0. The van der Waals surface area contributed by atoms with Gasteiger partial charge in [-0.3, -0.25) is 0 Å². The van der Waals surface area contributed by atoms with E-state index >= 15 is 0 Å². The first-order valence-corrected chi connectivity index (χ1v) is 5.79. The number of hydrogen-bond acceptors (Lipinski definition) is 3. The Hall–Kier alpha value is -2.10. The van der Waals surface area contributed by atoms with Crippen molar-refractivity contribution in [1.82, 2.24) is 4.57 Å². The van der Waals surface area contributed by atoms with E-state index in [1.807, 2.05) is 36.0 Å². The molecule has 0 aliphatic rings. The van der Waals surface area contributed by atoms with Crippen LogP contribution >= 0.6 is 0 Å². The van der Waals surface area contributed by atoms with Gasteiger partial charge in [-0.15, -0.1) is 0 Å². The fourth-order valence-corrected chi connectivity index (χ4v) is 1.82. The Morgan fingerprint density at radius 3 is 2.50 bits per heavy atom. The van der Waals surface area contributed by atoms with Crippen LogP contribution in [0, 0.1) is 0 Å². The van der Waals surface area contributed by atoms with Gasteiger partial charge in [-0.25, -0.2) is 0 Å². The second-order valence-electron chi connectivity index (χ2n) is 4.11. The van der Waals surface area contributed by atoms with Crippen LogP contribution in [0.3, 0.4) is 0 Å². The summed E-state index contributed by atoms with van der Waals surface area (Å²) in [6.45, 7) is 0.788. The van der Waals surface area contributed by atoms with Gasteiger partial charge < -0.3 is 19.4 Å². The van der Waals surface area contributed by atoms with Crippen molar-refractivity contribution in [3.8, 4) is 11.5 Å². The Bertz CT molecular complexity index is 520. The highest BCUT2D eigenvalue weighted by molar-refractivity contribution is 5.54. The van der Waals surface area contributed by atoms with E-state index in [1.54, 1.807) is 14.2 Å². The molecule has 0 aliphatic carbocycles. The smallest absolute Gasteiger partial charge is 0.162 e. The average molecular weight is 246 g/mol. The van der Waals surface area contributed by atoms with Crippen molar-refractivity contribution in [2.75, 3.05) is 19.5 Å². The third-order valence-electron chi connectivity index (χ3n) is 2.77. The molecule has 1 N–H and O–H groups in total. The van der Waals surface area contributed by atoms with Crippen LogP contribution in [0.5, 0.6) is 11.5 Å². The molecule has 0 amide bonds. The van der Waals surface area contributed by atoms with E-state index in [2.05, 4.69) is 17.6 Å². The van der Waals surface area contributed by atoms with Gasteiger partial charge in [0.05, 0.1) is 14.2 Å². The lowest BCUT2D eigenvalue weighted by Gasteiger charge is -2.10. The maximum Gasteiger partial charge on any atom is 0.162 e. The van der Waals surface area contributed by atoms with Gasteiger partial charge in [0.25, 0.3) is 0 Å². The molecule has 0 radical (unpaired) electrons. The van der Waals surface area contributed by atoms with Crippen molar-refractivity contribution >= 4 is 5.69 Å². The van der Waals surface area contributed by atoms with E-state index in [0.717, 1.165) is 23.7 Å². The summed E-state index contributed by atoms with van der Waals surface area (Å²) >= 11 is 0. The zero-order valence-electron chi connectivity index (χ0n) is 10.9. The van der Waals surface area contributed by atoms with E-state index in [1.165, 1.54) is 5.56 Å². The molecule has 2 rings (SSSR count). The minimum absolute atomic E-state index is 0.732. The SMILES string of the molecule is COc1ccc(NCc2ccn(C)c2)cc1OC. The minimum Gasteiger partial charge on any atom is -0.493 e. The first-order chi connectivity index (χ1) is 8.72. The number of nitrogens with zero attached hydrogens (tertiary/aromatic N) is 1. The predicted molar refractivity (Wildman–Crippen MR) is 72.3 cm³/mol. The first-order valence-electron chi connectivity index (χ1n) is 5.79. The summed E-state index contributed by atoms with van der Waals surface area (Å²) in [6, 6.07) is 7.89. The first kappa shape index (κ1) is 12.4. The van der Waals surface area contributed by atoms with Crippen molar-refractivity contribution in [1.29, 1.82) is 0 Å². The van der Waals surface area contributed by atoms with Gasteiger partial charge in [-0.1, -0.05) is 0 Å². The normalized spacial score (nSPS) is 10.2. The van der Waals surface area contributed by atoms with Gasteiger partial charge >= 0.3 is 0 Å². The standard InChI is InChI=1S/C14H18N2O2/c1-16-7-6-11(10-16)9-15-12-4-5-13(17-2)14(8-12)18-3/h4-8,10,15H,9H2,1-3H3. The number of aryl methyl sites for hydroxylation is 1. The molecule has 2 aromatic rings. The number of benzene rings is 1. The second-order valence-corrected chi connectivity index (χ2v) is 4.11. The van der Waals surface area contributed by atoms with Crippen LogP contribution in [0.2, 0.25) is 0 Å². The molecule has 0 spiro atoms. The topological polar surface area (TPSA) is 35.4 Å². The molecule has 0 aliphatic heterocycles. The number of methoxy groups -OCH3 is 2. The molecule has 4 heteroatoms. The van der Waals surface area contributed by atoms with Gasteiger partial charge in [0.15, 0.2) is 11.5 Å².